The van der Waals surface area contributed by atoms with Gasteiger partial charge in [-0.15, -0.1) is 0 Å². The molecule has 2 N–H and O–H groups in total. The SMILES string of the molecule is [CH3-].[CH3-].[CH3-].[CH3-].[Mn].[NH2-]. The smallest absolute Gasteiger partial charge is 0 e. The van der Waals surface area contributed by atoms with Crippen LogP contribution >= 0.6 is 0 Å². The summed E-state index contributed by atoms with van der Waals surface area (Å²) in [6.45, 7) is 0. The largest absolute Gasteiger partial charge is 0.693 e. The molecule has 0 aliphatic carbocycles. The molecule has 0 aliphatic heterocycles. The van der Waals surface area contributed by atoms with Gasteiger partial charge in [0.2, 0.25) is 0 Å². The van der Waals surface area contributed by atoms with Crippen molar-refractivity contribution in [1.29, 1.82) is 0 Å². The molecule has 0 unspecified atom stereocenters. The molecule has 0 aromatic heterocycles. The van der Waals surface area contributed by atoms with E-state index in [1.54, 1.807) is 0 Å². The Balaban J connectivity index is 0. The first-order chi connectivity index (χ1) is 0. The molecular weight excluding hydrogens is 117 g/mol. The van der Waals surface area contributed by atoms with E-state index in [2.05, 4.69) is 0 Å². The van der Waals surface area contributed by atoms with Gasteiger partial charge in [-0.3, -0.25) is 0 Å². The van der Waals surface area contributed by atoms with Crippen LogP contribution in [0, 0.1) is 29.7 Å². The van der Waals surface area contributed by atoms with Crippen molar-refractivity contribution in [3.8, 4) is 0 Å². The second-order valence-electron chi connectivity index (χ2n) is 0. The quantitative estimate of drug-likeness (QED) is 0.357. The van der Waals surface area contributed by atoms with Crippen LogP contribution in [0.1, 0.15) is 0 Å². The Morgan fingerprint density at radius 1 is 0.500 bits per heavy atom. The normalized spacial score (nSPS) is 0. The minimum Gasteiger partial charge on any atom is -0.693 e. The molecule has 0 bridgehead atoms. The Bertz CT molecular complexity index is 7.51. The molecule has 0 aliphatic rings. The molecule has 0 amide bonds. The second-order valence-corrected chi connectivity index (χ2v) is 0. The summed E-state index contributed by atoms with van der Waals surface area (Å²) in [6.07, 6.45) is 0. The van der Waals surface area contributed by atoms with E-state index in [-0.39, 0.29) is 52.9 Å². The van der Waals surface area contributed by atoms with Gasteiger partial charge in [-0.25, -0.2) is 0 Å². The maximum atomic E-state index is 0. The summed E-state index contributed by atoms with van der Waals surface area (Å²) >= 11 is 0. The number of hydrogen-bond acceptors (Lipinski definition) is 0. The van der Waals surface area contributed by atoms with Crippen LogP contribution in [0.5, 0.6) is 0 Å². The molecule has 0 spiro atoms. The van der Waals surface area contributed by atoms with Crippen molar-refractivity contribution in [3.05, 3.63) is 35.9 Å². The number of hydrogen-bond donors (Lipinski definition) is 0. The van der Waals surface area contributed by atoms with E-state index < -0.39 is 0 Å². The van der Waals surface area contributed by atoms with E-state index in [0.717, 1.165) is 0 Å². The summed E-state index contributed by atoms with van der Waals surface area (Å²) in [7, 11) is 0. The zero-order chi connectivity index (χ0) is 0. The Morgan fingerprint density at radius 2 is 0.500 bits per heavy atom. The van der Waals surface area contributed by atoms with Crippen LogP contribution in [0.2, 0.25) is 0 Å². The minimum atomic E-state index is 0. The van der Waals surface area contributed by atoms with Crippen LogP contribution in [0.3, 0.4) is 0 Å². The van der Waals surface area contributed by atoms with Gasteiger partial charge in [-0.1, -0.05) is 0 Å². The van der Waals surface area contributed by atoms with Crippen molar-refractivity contribution in [2.24, 2.45) is 0 Å². The maximum Gasteiger partial charge on any atom is 0 e. The summed E-state index contributed by atoms with van der Waals surface area (Å²) in [5, 5.41) is 0. The average molecular weight is 131 g/mol. The molecule has 0 heterocycles. The van der Waals surface area contributed by atoms with Gasteiger partial charge >= 0.3 is 0 Å². The van der Waals surface area contributed by atoms with E-state index in [0.29, 0.717) is 0 Å². The van der Waals surface area contributed by atoms with E-state index in [1.807, 2.05) is 0 Å². The van der Waals surface area contributed by atoms with Gasteiger partial charge < -0.3 is 35.9 Å². The fraction of sp³-hybridized carbons (Fsp3) is 0. The van der Waals surface area contributed by atoms with Crippen LogP contribution in [0.15, 0.2) is 0 Å². The Morgan fingerprint density at radius 3 is 0.500 bits per heavy atom. The standard InChI is InChI=1S/4CH3.Mn.H2N/h4*1H3;;1H2/q4*-1;;-1. The third-order valence-corrected chi connectivity index (χ3v) is 0. The van der Waals surface area contributed by atoms with Crippen molar-refractivity contribution in [1.82, 2.24) is 0 Å². The molecule has 0 fully saturated rings. The number of rotatable bonds is 0. The molecule has 2 heteroatoms. The first-order valence-electron chi connectivity index (χ1n) is 0. The first-order valence-corrected chi connectivity index (χ1v) is 0. The topological polar surface area (TPSA) is 33.5 Å². The monoisotopic (exact) mass is 131 g/mol. The van der Waals surface area contributed by atoms with Crippen molar-refractivity contribution in [3.63, 3.8) is 0 Å². The third kappa shape index (κ3) is 236. The Hall–Kier alpha value is 0.479. The summed E-state index contributed by atoms with van der Waals surface area (Å²) in [5.74, 6) is 0. The van der Waals surface area contributed by atoms with Crippen molar-refractivity contribution < 1.29 is 17.1 Å². The Kier molecular flexibility index (Phi) is 67400. The molecule has 0 saturated heterocycles. The van der Waals surface area contributed by atoms with Crippen LogP contribution in [0.4, 0.5) is 0 Å². The van der Waals surface area contributed by atoms with Gasteiger partial charge in [0.1, 0.15) is 0 Å². The molecule has 0 aromatic carbocycles. The fourth-order valence-electron chi connectivity index (χ4n) is 0. The predicted octanol–water partition coefficient (Wildman–Crippen LogP) is 2.52. The van der Waals surface area contributed by atoms with Gasteiger partial charge in [0.15, 0.2) is 0 Å². The van der Waals surface area contributed by atoms with E-state index in [1.165, 1.54) is 0 Å². The molecule has 6 heavy (non-hydrogen) atoms. The molecule has 0 rings (SSSR count). The van der Waals surface area contributed by atoms with E-state index in [9.17, 15) is 0 Å². The molecule has 1 radical (unpaired) electrons. The molecule has 0 aromatic rings. The van der Waals surface area contributed by atoms with Crippen molar-refractivity contribution >= 4 is 0 Å². The fourth-order valence-corrected chi connectivity index (χ4v) is 0. The summed E-state index contributed by atoms with van der Waals surface area (Å²) in [5.41, 5.74) is 0. The molecule has 0 saturated carbocycles. The Labute approximate surface area is 53.6 Å². The van der Waals surface area contributed by atoms with Crippen molar-refractivity contribution in [2.75, 3.05) is 0 Å². The van der Waals surface area contributed by atoms with Gasteiger partial charge in [0.25, 0.3) is 0 Å². The zero-order valence-corrected chi connectivity index (χ0v) is 6.14. The van der Waals surface area contributed by atoms with Crippen LogP contribution in [-0.2, 0) is 17.1 Å². The molecular formula is C4H14MnN-5. The summed E-state index contributed by atoms with van der Waals surface area (Å²) in [4.78, 5) is 0. The van der Waals surface area contributed by atoms with E-state index in [4.69, 9.17) is 0 Å². The van der Waals surface area contributed by atoms with Crippen LogP contribution in [-0.4, -0.2) is 0 Å². The first kappa shape index (κ1) is 846. The van der Waals surface area contributed by atoms with Crippen LogP contribution in [0.25, 0.3) is 6.15 Å². The van der Waals surface area contributed by atoms with Gasteiger partial charge in [0.05, 0.1) is 0 Å². The average Bonchev–Trinajstić information content (AvgIpc) is 0. The second kappa shape index (κ2) is 478. The van der Waals surface area contributed by atoms with E-state index >= 15 is 0 Å². The van der Waals surface area contributed by atoms with Crippen LogP contribution < -0.4 is 0 Å². The van der Waals surface area contributed by atoms with Gasteiger partial charge in [-0.2, -0.15) is 0 Å². The maximum absolute atomic E-state index is 0. The zero-order valence-electron chi connectivity index (χ0n) is 4.96. The molecule has 47 valence electrons. The summed E-state index contributed by atoms with van der Waals surface area (Å²) in [6, 6.07) is 0. The summed E-state index contributed by atoms with van der Waals surface area (Å²) < 4.78 is 0. The minimum absolute atomic E-state index is 0. The molecule has 0 atom stereocenters. The molecule has 1 nitrogen and oxygen atoms in total. The van der Waals surface area contributed by atoms with Gasteiger partial charge in [0, 0.05) is 17.1 Å². The third-order valence-electron chi connectivity index (χ3n) is 0. The predicted molar refractivity (Wildman–Crippen MR) is 30.9 cm³/mol. The number of nitrogens with two attached hydrogens (primary N) is 1. The van der Waals surface area contributed by atoms with Crippen molar-refractivity contribution in [2.45, 2.75) is 0 Å². The van der Waals surface area contributed by atoms with Gasteiger partial charge in [-0.05, 0) is 0 Å².